The summed E-state index contributed by atoms with van der Waals surface area (Å²) in [6, 6.07) is 14.6. The highest BCUT2D eigenvalue weighted by Gasteiger charge is 2.23. The maximum absolute atomic E-state index is 12.6. The molecule has 0 bridgehead atoms. The minimum Gasteiger partial charge on any atom is -0.379 e. The molecule has 0 spiro atoms. The van der Waals surface area contributed by atoms with E-state index in [0.717, 1.165) is 37.4 Å². The van der Waals surface area contributed by atoms with E-state index in [1.165, 1.54) is 16.7 Å². The normalized spacial score (nSPS) is 16.3. The molecule has 138 valence electrons. The van der Waals surface area contributed by atoms with Crippen LogP contribution in [0.5, 0.6) is 0 Å². The number of ether oxygens (including phenoxy) is 1. The molecule has 0 aliphatic carbocycles. The molecule has 2 aromatic carbocycles. The zero-order chi connectivity index (χ0) is 18.5. The smallest absolute Gasteiger partial charge is 0.251 e. The Morgan fingerprint density at radius 3 is 2.54 bits per heavy atom. The standard InChI is InChI=1S/C22H28N2O2/c1-16-5-4-6-19(13-16)21(24-9-11-26-12-10-24)15-23-22(25)20-8-7-17(2)18(3)14-20/h4-8,13-14,21H,9-12,15H2,1-3H3,(H,23,25). The van der Waals surface area contributed by atoms with E-state index >= 15 is 0 Å². The van der Waals surface area contributed by atoms with Crippen molar-refractivity contribution in [2.24, 2.45) is 0 Å². The van der Waals surface area contributed by atoms with E-state index in [1.807, 2.05) is 25.1 Å². The molecule has 4 heteroatoms. The summed E-state index contributed by atoms with van der Waals surface area (Å²) in [5.74, 6) is -0.0148. The van der Waals surface area contributed by atoms with Gasteiger partial charge in [0.05, 0.1) is 19.3 Å². The highest BCUT2D eigenvalue weighted by atomic mass is 16.5. The summed E-state index contributed by atoms with van der Waals surface area (Å²) in [4.78, 5) is 15.0. The molecule has 1 heterocycles. The Bertz CT molecular complexity index is 766. The molecular weight excluding hydrogens is 324 g/mol. The third-order valence-electron chi connectivity index (χ3n) is 5.14. The number of amides is 1. The summed E-state index contributed by atoms with van der Waals surface area (Å²) in [5.41, 5.74) is 5.54. The van der Waals surface area contributed by atoms with Gasteiger partial charge in [0.1, 0.15) is 0 Å². The summed E-state index contributed by atoms with van der Waals surface area (Å²) in [6.45, 7) is 10.1. The fourth-order valence-corrected chi connectivity index (χ4v) is 3.40. The molecule has 4 nitrogen and oxygen atoms in total. The van der Waals surface area contributed by atoms with Crippen molar-refractivity contribution in [3.8, 4) is 0 Å². The second kappa shape index (κ2) is 8.47. The minimum absolute atomic E-state index is 0.0148. The zero-order valence-electron chi connectivity index (χ0n) is 15.9. The van der Waals surface area contributed by atoms with Crippen molar-refractivity contribution in [3.63, 3.8) is 0 Å². The van der Waals surface area contributed by atoms with Crippen molar-refractivity contribution in [1.82, 2.24) is 10.2 Å². The van der Waals surface area contributed by atoms with Crippen LogP contribution in [0, 0.1) is 20.8 Å². The Morgan fingerprint density at radius 1 is 1.08 bits per heavy atom. The number of benzene rings is 2. The molecule has 1 saturated heterocycles. The van der Waals surface area contributed by atoms with Gasteiger partial charge in [-0.25, -0.2) is 0 Å². The highest BCUT2D eigenvalue weighted by Crippen LogP contribution is 2.22. The van der Waals surface area contributed by atoms with Gasteiger partial charge in [0, 0.05) is 25.2 Å². The molecule has 1 amide bonds. The SMILES string of the molecule is Cc1cccc(C(CNC(=O)c2ccc(C)c(C)c2)N2CCOCC2)c1. The van der Waals surface area contributed by atoms with Crippen molar-refractivity contribution >= 4 is 5.91 Å². The monoisotopic (exact) mass is 352 g/mol. The first-order valence-electron chi connectivity index (χ1n) is 9.28. The van der Waals surface area contributed by atoms with E-state index in [-0.39, 0.29) is 11.9 Å². The lowest BCUT2D eigenvalue weighted by atomic mass is 10.0. The molecule has 1 N–H and O–H groups in total. The van der Waals surface area contributed by atoms with Crippen molar-refractivity contribution < 1.29 is 9.53 Å². The number of nitrogens with one attached hydrogen (secondary N) is 1. The second-order valence-electron chi connectivity index (χ2n) is 7.09. The van der Waals surface area contributed by atoms with Gasteiger partial charge < -0.3 is 10.1 Å². The Morgan fingerprint density at radius 2 is 1.85 bits per heavy atom. The fourth-order valence-electron chi connectivity index (χ4n) is 3.40. The van der Waals surface area contributed by atoms with Crippen LogP contribution in [0.1, 0.15) is 38.7 Å². The molecule has 1 atom stereocenters. The minimum atomic E-state index is -0.0148. The maximum Gasteiger partial charge on any atom is 0.251 e. The van der Waals surface area contributed by atoms with Gasteiger partial charge >= 0.3 is 0 Å². The van der Waals surface area contributed by atoms with Crippen molar-refractivity contribution in [2.45, 2.75) is 26.8 Å². The van der Waals surface area contributed by atoms with E-state index in [0.29, 0.717) is 6.54 Å². The quantitative estimate of drug-likeness (QED) is 0.896. The van der Waals surface area contributed by atoms with Gasteiger partial charge in [-0.3, -0.25) is 9.69 Å². The number of hydrogen-bond donors (Lipinski definition) is 1. The number of morpholine rings is 1. The topological polar surface area (TPSA) is 41.6 Å². The van der Waals surface area contributed by atoms with Crippen molar-refractivity contribution in [1.29, 1.82) is 0 Å². The van der Waals surface area contributed by atoms with Crippen LogP contribution in [-0.4, -0.2) is 43.7 Å². The van der Waals surface area contributed by atoms with Gasteiger partial charge in [-0.15, -0.1) is 0 Å². The van der Waals surface area contributed by atoms with Crippen LogP contribution in [0.15, 0.2) is 42.5 Å². The first-order chi connectivity index (χ1) is 12.5. The maximum atomic E-state index is 12.6. The van der Waals surface area contributed by atoms with Gasteiger partial charge in [-0.05, 0) is 49.6 Å². The van der Waals surface area contributed by atoms with Gasteiger partial charge in [-0.2, -0.15) is 0 Å². The average Bonchev–Trinajstić information content (AvgIpc) is 2.65. The van der Waals surface area contributed by atoms with Crippen LogP contribution in [0.4, 0.5) is 0 Å². The van der Waals surface area contributed by atoms with Gasteiger partial charge in [-0.1, -0.05) is 35.9 Å². The van der Waals surface area contributed by atoms with Crippen LogP contribution >= 0.6 is 0 Å². The van der Waals surface area contributed by atoms with Crippen molar-refractivity contribution in [2.75, 3.05) is 32.8 Å². The fraction of sp³-hybridized carbons (Fsp3) is 0.409. The van der Waals surface area contributed by atoms with E-state index in [1.54, 1.807) is 0 Å². The van der Waals surface area contributed by atoms with Crippen molar-refractivity contribution in [3.05, 3.63) is 70.3 Å². The van der Waals surface area contributed by atoms with E-state index in [9.17, 15) is 4.79 Å². The Labute approximate surface area is 156 Å². The molecule has 1 aliphatic rings. The van der Waals surface area contributed by atoms with Crippen LogP contribution in [0.25, 0.3) is 0 Å². The zero-order valence-corrected chi connectivity index (χ0v) is 15.9. The van der Waals surface area contributed by atoms with E-state index in [4.69, 9.17) is 4.74 Å². The largest absolute Gasteiger partial charge is 0.379 e. The summed E-state index contributed by atoms with van der Waals surface area (Å²) >= 11 is 0. The van der Waals surface area contributed by atoms with Crippen LogP contribution in [-0.2, 0) is 4.74 Å². The first-order valence-corrected chi connectivity index (χ1v) is 9.28. The number of nitrogens with zero attached hydrogens (tertiary/aromatic N) is 1. The molecule has 0 saturated carbocycles. The number of hydrogen-bond acceptors (Lipinski definition) is 3. The van der Waals surface area contributed by atoms with Crippen LogP contribution in [0.2, 0.25) is 0 Å². The van der Waals surface area contributed by atoms with Crippen LogP contribution < -0.4 is 5.32 Å². The molecule has 1 fully saturated rings. The predicted molar refractivity (Wildman–Crippen MR) is 105 cm³/mol. The molecule has 3 rings (SSSR count). The average molecular weight is 352 g/mol. The van der Waals surface area contributed by atoms with Crippen LogP contribution in [0.3, 0.4) is 0 Å². The van der Waals surface area contributed by atoms with Gasteiger partial charge in [0.2, 0.25) is 0 Å². The third-order valence-corrected chi connectivity index (χ3v) is 5.14. The molecule has 2 aromatic rings. The number of rotatable bonds is 5. The Kier molecular flexibility index (Phi) is 6.07. The summed E-state index contributed by atoms with van der Waals surface area (Å²) in [5, 5.41) is 3.14. The molecule has 1 unspecified atom stereocenters. The molecule has 26 heavy (non-hydrogen) atoms. The predicted octanol–water partition coefficient (Wildman–Crippen LogP) is 3.42. The lowest BCUT2D eigenvalue weighted by molar-refractivity contribution is 0.0162. The number of carbonyl (C=O) groups is 1. The number of carbonyl (C=O) groups excluding carboxylic acids is 1. The summed E-state index contributed by atoms with van der Waals surface area (Å²) in [7, 11) is 0. The molecule has 0 aromatic heterocycles. The van der Waals surface area contributed by atoms with Gasteiger partial charge in [0.15, 0.2) is 0 Å². The molecule has 0 radical (unpaired) electrons. The lowest BCUT2D eigenvalue weighted by Crippen LogP contribution is -2.43. The van der Waals surface area contributed by atoms with Gasteiger partial charge in [0.25, 0.3) is 5.91 Å². The lowest BCUT2D eigenvalue weighted by Gasteiger charge is -2.35. The Balaban J connectivity index is 1.74. The first kappa shape index (κ1) is 18.6. The second-order valence-corrected chi connectivity index (χ2v) is 7.09. The third kappa shape index (κ3) is 4.51. The molecule has 1 aliphatic heterocycles. The Hall–Kier alpha value is -2.17. The molecular formula is C22H28N2O2. The summed E-state index contributed by atoms with van der Waals surface area (Å²) in [6.07, 6.45) is 0. The highest BCUT2D eigenvalue weighted by molar-refractivity contribution is 5.94. The number of aryl methyl sites for hydroxylation is 3. The summed E-state index contributed by atoms with van der Waals surface area (Å²) < 4.78 is 5.50. The van der Waals surface area contributed by atoms with E-state index < -0.39 is 0 Å². The van der Waals surface area contributed by atoms with E-state index in [2.05, 4.69) is 48.3 Å².